The molecule has 5 heteroatoms. The van der Waals surface area contributed by atoms with Crippen molar-refractivity contribution in [1.82, 2.24) is 4.90 Å². The molecule has 2 amide bonds. The first-order valence-electron chi connectivity index (χ1n) is 6.97. The fourth-order valence-electron chi connectivity index (χ4n) is 2.51. The Kier molecular flexibility index (Phi) is 4.60. The topological polar surface area (TPSA) is 52.6 Å². The summed E-state index contributed by atoms with van der Waals surface area (Å²) in [5.74, 6) is -0.153. The lowest BCUT2D eigenvalue weighted by Crippen LogP contribution is -2.44. The van der Waals surface area contributed by atoms with E-state index in [1.54, 1.807) is 30.9 Å². The molecule has 1 aromatic carbocycles. The summed E-state index contributed by atoms with van der Waals surface area (Å²) in [4.78, 5) is 13.9. The minimum Gasteiger partial charge on any atom is -0.393 e. The molecule has 2 rings (SSSR count). The van der Waals surface area contributed by atoms with Crippen molar-refractivity contribution in [2.75, 3.05) is 18.4 Å². The van der Waals surface area contributed by atoms with E-state index in [4.69, 9.17) is 0 Å². The van der Waals surface area contributed by atoms with Gasteiger partial charge in [0.25, 0.3) is 0 Å². The first-order valence-corrected chi connectivity index (χ1v) is 6.97. The summed E-state index contributed by atoms with van der Waals surface area (Å²) < 4.78 is 13.2. The van der Waals surface area contributed by atoms with Gasteiger partial charge >= 0.3 is 6.03 Å². The van der Waals surface area contributed by atoms with Crippen LogP contribution in [0.2, 0.25) is 0 Å². The van der Waals surface area contributed by atoms with Gasteiger partial charge in [-0.15, -0.1) is 0 Å². The van der Waals surface area contributed by atoms with Crippen LogP contribution < -0.4 is 5.32 Å². The highest BCUT2D eigenvalue weighted by molar-refractivity contribution is 5.89. The second-order valence-electron chi connectivity index (χ2n) is 5.48. The van der Waals surface area contributed by atoms with Crippen LogP contribution in [-0.4, -0.2) is 35.2 Å². The van der Waals surface area contributed by atoms with E-state index in [0.29, 0.717) is 24.3 Å². The maximum Gasteiger partial charge on any atom is 0.321 e. The van der Waals surface area contributed by atoms with Gasteiger partial charge in [-0.05, 0) is 50.5 Å². The second-order valence-corrected chi connectivity index (χ2v) is 5.48. The van der Waals surface area contributed by atoms with E-state index < -0.39 is 6.10 Å². The number of likely N-dealkylation sites (tertiary alicyclic amines) is 1. The average Bonchev–Trinajstić information content (AvgIpc) is 2.43. The zero-order chi connectivity index (χ0) is 14.7. The summed E-state index contributed by atoms with van der Waals surface area (Å²) in [7, 11) is 0. The second kappa shape index (κ2) is 6.22. The Balaban J connectivity index is 1.98. The maximum atomic E-state index is 13.2. The Hall–Kier alpha value is -1.62. The smallest absolute Gasteiger partial charge is 0.321 e. The van der Waals surface area contributed by atoms with Crippen molar-refractivity contribution in [3.05, 3.63) is 29.6 Å². The molecule has 0 bridgehead atoms. The fourth-order valence-corrected chi connectivity index (χ4v) is 2.51. The highest BCUT2D eigenvalue weighted by Gasteiger charge is 2.26. The van der Waals surface area contributed by atoms with Gasteiger partial charge < -0.3 is 15.3 Å². The average molecular weight is 280 g/mol. The van der Waals surface area contributed by atoms with E-state index in [1.165, 1.54) is 6.07 Å². The summed E-state index contributed by atoms with van der Waals surface area (Å²) in [6.07, 6.45) is 1.43. The molecule has 2 unspecified atom stereocenters. The van der Waals surface area contributed by atoms with Gasteiger partial charge in [-0.2, -0.15) is 0 Å². The summed E-state index contributed by atoms with van der Waals surface area (Å²) in [5, 5.41) is 12.4. The molecule has 110 valence electrons. The van der Waals surface area contributed by atoms with Crippen molar-refractivity contribution in [2.45, 2.75) is 32.8 Å². The number of aliphatic hydroxyl groups excluding tert-OH is 1. The number of urea groups is 1. The van der Waals surface area contributed by atoms with Crippen LogP contribution in [0.25, 0.3) is 0 Å². The molecule has 1 aliphatic rings. The zero-order valence-electron chi connectivity index (χ0n) is 11.9. The molecule has 1 aliphatic heterocycles. The van der Waals surface area contributed by atoms with Crippen LogP contribution in [0.5, 0.6) is 0 Å². The van der Waals surface area contributed by atoms with E-state index in [-0.39, 0.29) is 17.8 Å². The molecule has 0 aromatic heterocycles. The van der Waals surface area contributed by atoms with Crippen LogP contribution in [0.15, 0.2) is 18.2 Å². The summed E-state index contributed by atoms with van der Waals surface area (Å²) >= 11 is 0. The molecule has 1 heterocycles. The number of hydrogen-bond acceptors (Lipinski definition) is 2. The Morgan fingerprint density at radius 3 is 2.95 bits per heavy atom. The number of carbonyl (C=O) groups is 1. The summed E-state index contributed by atoms with van der Waals surface area (Å²) in [5.41, 5.74) is 1.09. The van der Waals surface area contributed by atoms with Gasteiger partial charge in [-0.25, -0.2) is 9.18 Å². The number of anilines is 1. The number of halogens is 1. The molecule has 4 nitrogen and oxygen atoms in total. The number of amides is 2. The van der Waals surface area contributed by atoms with Crippen LogP contribution in [0.3, 0.4) is 0 Å². The molecular formula is C15H21FN2O2. The quantitative estimate of drug-likeness (QED) is 0.875. The Bertz CT molecular complexity index is 491. The van der Waals surface area contributed by atoms with Gasteiger partial charge in [0.2, 0.25) is 0 Å². The lowest BCUT2D eigenvalue weighted by atomic mass is 9.94. The van der Waals surface area contributed by atoms with Gasteiger partial charge in [0.05, 0.1) is 6.10 Å². The highest BCUT2D eigenvalue weighted by Crippen LogP contribution is 2.21. The molecule has 0 aliphatic carbocycles. The Labute approximate surface area is 118 Å². The number of nitrogens with one attached hydrogen (secondary N) is 1. The lowest BCUT2D eigenvalue weighted by Gasteiger charge is -2.34. The van der Waals surface area contributed by atoms with Gasteiger partial charge in [-0.3, -0.25) is 0 Å². The highest BCUT2D eigenvalue weighted by atomic mass is 19.1. The molecular weight excluding hydrogens is 259 g/mol. The number of rotatable bonds is 2. The minimum absolute atomic E-state index is 0.129. The Morgan fingerprint density at radius 2 is 2.30 bits per heavy atom. The Morgan fingerprint density at radius 1 is 1.55 bits per heavy atom. The van der Waals surface area contributed by atoms with Crippen molar-refractivity contribution < 1.29 is 14.3 Å². The number of aryl methyl sites for hydroxylation is 1. The van der Waals surface area contributed by atoms with E-state index in [1.807, 2.05) is 0 Å². The standard InChI is InChI=1S/C15H21FN2O2/c1-10-8-13(5-6-14(10)16)17-15(20)18-7-3-4-12(9-18)11(2)19/h5-6,8,11-12,19H,3-4,7,9H2,1-2H3,(H,17,20). The molecule has 0 saturated carbocycles. The molecule has 2 atom stereocenters. The van der Waals surface area contributed by atoms with Crippen molar-refractivity contribution in [3.8, 4) is 0 Å². The fraction of sp³-hybridized carbons (Fsp3) is 0.533. The predicted molar refractivity (Wildman–Crippen MR) is 76.1 cm³/mol. The number of carbonyl (C=O) groups excluding carboxylic acids is 1. The number of hydrogen-bond donors (Lipinski definition) is 2. The molecule has 1 fully saturated rings. The van der Waals surface area contributed by atoms with Gasteiger partial charge in [-0.1, -0.05) is 0 Å². The van der Waals surface area contributed by atoms with Crippen LogP contribution in [0.4, 0.5) is 14.9 Å². The van der Waals surface area contributed by atoms with E-state index in [2.05, 4.69) is 5.32 Å². The third kappa shape index (κ3) is 3.48. The lowest BCUT2D eigenvalue weighted by molar-refractivity contribution is 0.0766. The van der Waals surface area contributed by atoms with Gasteiger partial charge in [0.15, 0.2) is 0 Å². The minimum atomic E-state index is -0.404. The number of aliphatic hydroxyl groups is 1. The third-order valence-electron chi connectivity index (χ3n) is 3.84. The largest absolute Gasteiger partial charge is 0.393 e. The third-order valence-corrected chi connectivity index (χ3v) is 3.84. The van der Waals surface area contributed by atoms with Gasteiger partial charge in [0.1, 0.15) is 5.82 Å². The maximum absolute atomic E-state index is 13.2. The van der Waals surface area contributed by atoms with E-state index >= 15 is 0 Å². The van der Waals surface area contributed by atoms with Crippen LogP contribution in [0, 0.1) is 18.7 Å². The van der Waals surface area contributed by atoms with Crippen molar-refractivity contribution >= 4 is 11.7 Å². The van der Waals surface area contributed by atoms with E-state index in [9.17, 15) is 14.3 Å². The first kappa shape index (κ1) is 14.8. The summed E-state index contributed by atoms with van der Waals surface area (Å²) in [6, 6.07) is 4.32. The van der Waals surface area contributed by atoms with Gasteiger partial charge in [0, 0.05) is 24.7 Å². The van der Waals surface area contributed by atoms with Crippen LogP contribution in [0.1, 0.15) is 25.3 Å². The normalized spacial score (nSPS) is 20.6. The zero-order valence-corrected chi connectivity index (χ0v) is 11.9. The molecule has 0 radical (unpaired) electrons. The van der Waals surface area contributed by atoms with Crippen molar-refractivity contribution in [2.24, 2.45) is 5.92 Å². The molecule has 2 N–H and O–H groups in total. The molecule has 20 heavy (non-hydrogen) atoms. The number of piperidine rings is 1. The predicted octanol–water partition coefficient (Wildman–Crippen LogP) is 2.76. The van der Waals surface area contributed by atoms with E-state index in [0.717, 1.165) is 12.8 Å². The first-order chi connectivity index (χ1) is 9.47. The molecule has 0 spiro atoms. The monoisotopic (exact) mass is 280 g/mol. The van der Waals surface area contributed by atoms with Crippen molar-refractivity contribution in [3.63, 3.8) is 0 Å². The number of benzene rings is 1. The van der Waals surface area contributed by atoms with Crippen LogP contribution in [-0.2, 0) is 0 Å². The number of nitrogens with zero attached hydrogens (tertiary/aromatic N) is 1. The summed E-state index contributed by atoms with van der Waals surface area (Å²) in [6.45, 7) is 4.67. The SMILES string of the molecule is Cc1cc(NC(=O)N2CCCC(C(C)O)C2)ccc1F. The molecule has 1 saturated heterocycles. The van der Waals surface area contributed by atoms with Crippen LogP contribution >= 0.6 is 0 Å². The van der Waals surface area contributed by atoms with Crippen molar-refractivity contribution in [1.29, 1.82) is 0 Å². The molecule has 1 aromatic rings.